The number of hydrogen-bond acceptors (Lipinski definition) is 0. The molecule has 0 spiro atoms. The Hall–Kier alpha value is 0. The highest BCUT2D eigenvalue weighted by Gasteiger charge is 2.39. The van der Waals surface area contributed by atoms with E-state index in [1.165, 1.54) is 70.6 Å². The van der Waals surface area contributed by atoms with Crippen molar-refractivity contribution in [3.05, 3.63) is 0 Å². The van der Waals surface area contributed by atoms with Gasteiger partial charge < -0.3 is 0 Å². The third-order valence-corrected chi connectivity index (χ3v) is 6.09. The maximum atomic E-state index is 2.55. The lowest BCUT2D eigenvalue weighted by Gasteiger charge is -2.25. The SMILES string of the molecule is CCCCCC(C)CCCC(CCCC)C(C)C1CC1C. The van der Waals surface area contributed by atoms with E-state index in [1.54, 1.807) is 0 Å². The van der Waals surface area contributed by atoms with Crippen molar-refractivity contribution in [2.75, 3.05) is 0 Å². The summed E-state index contributed by atoms with van der Waals surface area (Å²) in [5, 5.41) is 0. The van der Waals surface area contributed by atoms with Gasteiger partial charge in [0.05, 0.1) is 0 Å². The largest absolute Gasteiger partial charge is 0.0654 e. The molecule has 0 amide bonds. The molecule has 1 rings (SSSR count). The van der Waals surface area contributed by atoms with Gasteiger partial charge in [0.1, 0.15) is 0 Å². The normalized spacial score (nSPS) is 25.6. The molecule has 1 aliphatic carbocycles. The van der Waals surface area contributed by atoms with Gasteiger partial charge in [-0.1, -0.05) is 98.8 Å². The van der Waals surface area contributed by atoms with E-state index in [1.807, 2.05) is 0 Å². The number of rotatable bonds is 13. The average Bonchev–Trinajstić information content (AvgIpc) is 3.19. The van der Waals surface area contributed by atoms with Crippen LogP contribution in [0.2, 0.25) is 0 Å². The van der Waals surface area contributed by atoms with Crippen LogP contribution in [-0.4, -0.2) is 0 Å². The Kier molecular flexibility index (Phi) is 9.69. The first kappa shape index (κ1) is 19.0. The van der Waals surface area contributed by atoms with E-state index in [2.05, 4.69) is 34.6 Å². The molecule has 126 valence electrons. The summed E-state index contributed by atoms with van der Waals surface area (Å²) in [5.74, 6) is 5.05. The van der Waals surface area contributed by atoms with Crippen molar-refractivity contribution < 1.29 is 0 Å². The molecule has 0 heterocycles. The molecule has 0 N–H and O–H groups in total. The summed E-state index contributed by atoms with van der Waals surface area (Å²) >= 11 is 0. The van der Waals surface area contributed by atoms with E-state index in [-0.39, 0.29) is 0 Å². The summed E-state index contributed by atoms with van der Waals surface area (Å²) < 4.78 is 0. The van der Waals surface area contributed by atoms with Crippen LogP contribution in [0.3, 0.4) is 0 Å². The monoisotopic (exact) mass is 294 g/mol. The van der Waals surface area contributed by atoms with Crippen molar-refractivity contribution in [1.29, 1.82) is 0 Å². The minimum absolute atomic E-state index is 0.957. The summed E-state index contributed by atoms with van der Waals surface area (Å²) in [4.78, 5) is 0. The van der Waals surface area contributed by atoms with Crippen molar-refractivity contribution in [2.45, 2.75) is 105 Å². The minimum atomic E-state index is 0.957. The quantitative estimate of drug-likeness (QED) is 0.309. The Morgan fingerprint density at radius 1 is 0.810 bits per heavy atom. The van der Waals surface area contributed by atoms with Crippen LogP contribution >= 0.6 is 0 Å². The van der Waals surface area contributed by atoms with Gasteiger partial charge in [0.15, 0.2) is 0 Å². The van der Waals surface area contributed by atoms with Gasteiger partial charge in [-0.05, 0) is 36.0 Å². The van der Waals surface area contributed by atoms with Gasteiger partial charge >= 0.3 is 0 Å². The van der Waals surface area contributed by atoms with Gasteiger partial charge in [-0.25, -0.2) is 0 Å². The molecule has 1 saturated carbocycles. The number of hydrogen-bond donors (Lipinski definition) is 0. The summed E-state index contributed by atoms with van der Waals surface area (Å²) in [6.45, 7) is 12.1. The van der Waals surface area contributed by atoms with E-state index in [0.717, 1.165) is 29.6 Å². The second-order valence-electron chi connectivity index (χ2n) is 8.17. The Morgan fingerprint density at radius 3 is 1.95 bits per heavy atom. The van der Waals surface area contributed by atoms with E-state index >= 15 is 0 Å². The molecule has 21 heavy (non-hydrogen) atoms. The molecule has 5 unspecified atom stereocenters. The summed E-state index contributed by atoms with van der Waals surface area (Å²) in [6.07, 6.45) is 16.0. The third-order valence-electron chi connectivity index (χ3n) is 6.09. The lowest BCUT2D eigenvalue weighted by molar-refractivity contribution is 0.257. The fourth-order valence-electron chi connectivity index (χ4n) is 4.19. The van der Waals surface area contributed by atoms with Gasteiger partial charge in [0, 0.05) is 0 Å². The van der Waals surface area contributed by atoms with E-state index in [9.17, 15) is 0 Å². The van der Waals surface area contributed by atoms with Crippen LogP contribution in [0, 0.1) is 29.6 Å². The van der Waals surface area contributed by atoms with Crippen LogP contribution in [-0.2, 0) is 0 Å². The first-order chi connectivity index (χ1) is 10.1. The maximum Gasteiger partial charge on any atom is -0.0357 e. The zero-order chi connectivity index (χ0) is 15.7. The van der Waals surface area contributed by atoms with E-state index < -0.39 is 0 Å². The maximum absolute atomic E-state index is 2.55. The Balaban J connectivity index is 2.22. The first-order valence-corrected chi connectivity index (χ1v) is 10.1. The summed E-state index contributed by atoms with van der Waals surface area (Å²) in [6, 6.07) is 0. The molecule has 5 atom stereocenters. The Morgan fingerprint density at radius 2 is 1.38 bits per heavy atom. The van der Waals surface area contributed by atoms with Gasteiger partial charge in [-0.15, -0.1) is 0 Å². The highest BCUT2D eigenvalue weighted by Crippen LogP contribution is 2.48. The van der Waals surface area contributed by atoms with Crippen molar-refractivity contribution >= 4 is 0 Å². The van der Waals surface area contributed by atoms with Crippen LogP contribution in [0.4, 0.5) is 0 Å². The summed E-state index contributed by atoms with van der Waals surface area (Å²) in [7, 11) is 0. The molecule has 0 heteroatoms. The standard InChI is InChI=1S/C21H42/c1-6-8-10-12-17(3)13-11-15-20(14-9-7-2)19(5)21-16-18(21)4/h17-21H,6-16H2,1-5H3. The highest BCUT2D eigenvalue weighted by atomic mass is 14.4. The topological polar surface area (TPSA) is 0 Å². The van der Waals surface area contributed by atoms with Crippen LogP contribution in [0.25, 0.3) is 0 Å². The zero-order valence-corrected chi connectivity index (χ0v) is 15.7. The third kappa shape index (κ3) is 7.71. The lowest BCUT2D eigenvalue weighted by Crippen LogP contribution is -2.15. The van der Waals surface area contributed by atoms with Crippen LogP contribution in [0.1, 0.15) is 105 Å². The second kappa shape index (κ2) is 10.7. The predicted octanol–water partition coefficient (Wildman–Crippen LogP) is 7.47. The first-order valence-electron chi connectivity index (χ1n) is 10.1. The molecule has 1 aliphatic rings. The molecule has 0 nitrogen and oxygen atoms in total. The molecule has 0 saturated heterocycles. The Labute approximate surface area is 135 Å². The van der Waals surface area contributed by atoms with Crippen molar-refractivity contribution in [1.82, 2.24) is 0 Å². The highest BCUT2D eigenvalue weighted by molar-refractivity contribution is 4.89. The molecule has 0 radical (unpaired) electrons. The molecule has 0 aromatic rings. The van der Waals surface area contributed by atoms with Gasteiger partial charge in [-0.2, -0.15) is 0 Å². The second-order valence-corrected chi connectivity index (χ2v) is 8.17. The van der Waals surface area contributed by atoms with Crippen molar-refractivity contribution in [2.24, 2.45) is 29.6 Å². The Bertz CT molecular complexity index is 244. The molecule has 0 aromatic carbocycles. The smallest absolute Gasteiger partial charge is 0.0357 e. The molecule has 0 aliphatic heterocycles. The van der Waals surface area contributed by atoms with Crippen molar-refractivity contribution in [3.63, 3.8) is 0 Å². The fourth-order valence-corrected chi connectivity index (χ4v) is 4.19. The molecular formula is C21H42. The van der Waals surface area contributed by atoms with Crippen LogP contribution in [0.15, 0.2) is 0 Å². The van der Waals surface area contributed by atoms with E-state index in [4.69, 9.17) is 0 Å². The van der Waals surface area contributed by atoms with Crippen molar-refractivity contribution in [3.8, 4) is 0 Å². The predicted molar refractivity (Wildman–Crippen MR) is 96.6 cm³/mol. The molecule has 0 aromatic heterocycles. The van der Waals surface area contributed by atoms with E-state index in [0.29, 0.717) is 0 Å². The van der Waals surface area contributed by atoms with Gasteiger partial charge in [-0.3, -0.25) is 0 Å². The average molecular weight is 295 g/mol. The number of unbranched alkanes of at least 4 members (excludes halogenated alkanes) is 3. The van der Waals surface area contributed by atoms with Crippen LogP contribution in [0.5, 0.6) is 0 Å². The van der Waals surface area contributed by atoms with Gasteiger partial charge in [0.25, 0.3) is 0 Å². The summed E-state index contributed by atoms with van der Waals surface area (Å²) in [5.41, 5.74) is 0. The minimum Gasteiger partial charge on any atom is -0.0654 e. The van der Waals surface area contributed by atoms with Crippen LogP contribution < -0.4 is 0 Å². The van der Waals surface area contributed by atoms with Gasteiger partial charge in [0.2, 0.25) is 0 Å². The molecule has 0 bridgehead atoms. The zero-order valence-electron chi connectivity index (χ0n) is 15.7. The molecular weight excluding hydrogens is 252 g/mol. The molecule has 1 fully saturated rings. The lowest BCUT2D eigenvalue weighted by atomic mass is 9.81. The fraction of sp³-hybridized carbons (Fsp3) is 1.00.